The summed E-state index contributed by atoms with van der Waals surface area (Å²) in [6, 6.07) is 2.03. The van der Waals surface area contributed by atoms with Crippen molar-refractivity contribution in [2.24, 2.45) is 0 Å². The Hall–Kier alpha value is -1.67. The molecule has 0 atom stereocenters. The third kappa shape index (κ3) is 2.93. The van der Waals surface area contributed by atoms with Gasteiger partial charge in [0.05, 0.1) is 11.3 Å². The van der Waals surface area contributed by atoms with Gasteiger partial charge in [0.1, 0.15) is 0 Å². The molecule has 1 aliphatic heterocycles. The molecule has 8 heteroatoms. The fourth-order valence-corrected chi connectivity index (χ4v) is 3.47. The second-order valence-corrected chi connectivity index (χ2v) is 6.33. The molecule has 2 aromatic rings. The number of nitrogens with one attached hydrogen (secondary N) is 1. The summed E-state index contributed by atoms with van der Waals surface area (Å²) in [6.45, 7) is 3.64. The van der Waals surface area contributed by atoms with E-state index in [2.05, 4.69) is 9.88 Å². The number of thiophene rings is 1. The number of aromatic amines is 1. The van der Waals surface area contributed by atoms with Crippen LogP contribution >= 0.6 is 11.3 Å². The third-order valence-electron chi connectivity index (χ3n) is 3.75. The molecule has 0 saturated heterocycles. The quantitative estimate of drug-likeness (QED) is 0.922. The lowest BCUT2D eigenvalue weighted by atomic mass is 10.1. The van der Waals surface area contributed by atoms with E-state index in [1.807, 2.05) is 23.4 Å². The van der Waals surface area contributed by atoms with Gasteiger partial charge in [0.15, 0.2) is 0 Å². The van der Waals surface area contributed by atoms with Crippen LogP contribution in [0.3, 0.4) is 0 Å². The van der Waals surface area contributed by atoms with Crippen molar-refractivity contribution in [2.75, 3.05) is 6.54 Å². The van der Waals surface area contributed by atoms with Crippen molar-refractivity contribution in [3.05, 3.63) is 49.3 Å². The Morgan fingerprint density at radius 1 is 1.45 bits per heavy atom. The van der Waals surface area contributed by atoms with Crippen molar-refractivity contribution in [3.63, 3.8) is 0 Å². The first kappa shape index (κ1) is 15.2. The Morgan fingerprint density at radius 2 is 2.23 bits per heavy atom. The fourth-order valence-electron chi connectivity index (χ4n) is 2.52. The molecule has 1 aliphatic rings. The summed E-state index contributed by atoms with van der Waals surface area (Å²) in [7, 11) is 0. The van der Waals surface area contributed by atoms with Crippen molar-refractivity contribution >= 4 is 11.3 Å². The summed E-state index contributed by atoms with van der Waals surface area (Å²) in [4.78, 5) is 20.6. The average molecular weight is 329 g/mol. The largest absolute Gasteiger partial charge is 0.449 e. The molecule has 4 nitrogen and oxygen atoms in total. The number of halogens is 3. The second kappa shape index (κ2) is 5.51. The SMILES string of the molecule is Cc1ccsc1CN1CCc2nc(C(F)(F)F)[nH]c(=O)c2C1. The number of aromatic nitrogens is 2. The molecule has 2 aromatic heterocycles. The molecule has 0 fully saturated rings. The number of hydrogen-bond donors (Lipinski definition) is 1. The summed E-state index contributed by atoms with van der Waals surface area (Å²) in [5.41, 5.74) is 1.10. The van der Waals surface area contributed by atoms with Gasteiger partial charge in [-0.05, 0) is 23.9 Å². The van der Waals surface area contributed by atoms with Gasteiger partial charge in [-0.25, -0.2) is 4.98 Å². The molecule has 0 unspecified atom stereocenters. The van der Waals surface area contributed by atoms with E-state index in [0.29, 0.717) is 31.6 Å². The molecule has 0 amide bonds. The summed E-state index contributed by atoms with van der Waals surface area (Å²) < 4.78 is 38.0. The molecule has 0 radical (unpaired) electrons. The van der Waals surface area contributed by atoms with E-state index in [9.17, 15) is 18.0 Å². The molecule has 0 aliphatic carbocycles. The lowest BCUT2D eigenvalue weighted by Gasteiger charge is -2.27. The molecule has 0 bridgehead atoms. The molecule has 1 N–H and O–H groups in total. The number of alkyl halides is 3. The van der Waals surface area contributed by atoms with Gasteiger partial charge in [-0.2, -0.15) is 13.2 Å². The van der Waals surface area contributed by atoms with Crippen LogP contribution in [0.4, 0.5) is 13.2 Å². The Balaban J connectivity index is 1.85. The fraction of sp³-hybridized carbons (Fsp3) is 0.429. The third-order valence-corrected chi connectivity index (χ3v) is 4.76. The number of rotatable bonds is 2. The lowest BCUT2D eigenvalue weighted by Crippen LogP contribution is -2.36. The van der Waals surface area contributed by atoms with Crippen LogP contribution in [0, 0.1) is 6.92 Å². The average Bonchev–Trinajstić information content (AvgIpc) is 2.84. The second-order valence-electron chi connectivity index (χ2n) is 5.32. The molecule has 118 valence electrons. The zero-order valence-electron chi connectivity index (χ0n) is 11.8. The van der Waals surface area contributed by atoms with Crippen molar-refractivity contribution in [3.8, 4) is 0 Å². The van der Waals surface area contributed by atoms with Crippen LogP contribution < -0.4 is 5.56 Å². The van der Waals surface area contributed by atoms with E-state index in [1.54, 1.807) is 11.3 Å². The Kier molecular flexibility index (Phi) is 3.82. The monoisotopic (exact) mass is 329 g/mol. The van der Waals surface area contributed by atoms with Crippen LogP contribution in [0.1, 0.15) is 27.5 Å². The normalized spacial score (nSPS) is 15.8. The van der Waals surface area contributed by atoms with E-state index in [-0.39, 0.29) is 5.69 Å². The maximum Gasteiger partial charge on any atom is 0.449 e. The van der Waals surface area contributed by atoms with Gasteiger partial charge < -0.3 is 4.98 Å². The van der Waals surface area contributed by atoms with Gasteiger partial charge in [-0.15, -0.1) is 11.3 Å². The predicted molar refractivity (Wildman–Crippen MR) is 76.7 cm³/mol. The van der Waals surface area contributed by atoms with Crippen molar-refractivity contribution in [1.29, 1.82) is 0 Å². The van der Waals surface area contributed by atoms with Gasteiger partial charge >= 0.3 is 6.18 Å². The maximum atomic E-state index is 12.7. The molecule has 3 rings (SSSR count). The zero-order chi connectivity index (χ0) is 15.9. The van der Waals surface area contributed by atoms with Gasteiger partial charge in [0.2, 0.25) is 5.82 Å². The van der Waals surface area contributed by atoms with Crippen LogP contribution in [-0.2, 0) is 25.7 Å². The standard InChI is InChI=1S/C14H14F3N3OS/c1-8-3-5-22-11(8)7-20-4-2-10-9(6-20)12(21)19-13(18-10)14(15,16)17/h3,5H,2,4,6-7H2,1H3,(H,18,19,21). The molecular weight excluding hydrogens is 315 g/mol. The summed E-state index contributed by atoms with van der Waals surface area (Å²) >= 11 is 1.64. The molecule has 0 aromatic carbocycles. The van der Waals surface area contributed by atoms with Gasteiger partial charge in [0, 0.05) is 30.9 Å². The maximum absolute atomic E-state index is 12.7. The Morgan fingerprint density at radius 3 is 2.86 bits per heavy atom. The van der Waals surface area contributed by atoms with Crippen molar-refractivity contribution < 1.29 is 13.2 Å². The minimum atomic E-state index is -4.63. The van der Waals surface area contributed by atoms with Gasteiger partial charge in [-0.3, -0.25) is 9.69 Å². The highest BCUT2D eigenvalue weighted by Gasteiger charge is 2.35. The zero-order valence-corrected chi connectivity index (χ0v) is 12.6. The minimum Gasteiger partial charge on any atom is -0.303 e. The van der Waals surface area contributed by atoms with Crippen LogP contribution in [-0.4, -0.2) is 21.4 Å². The van der Waals surface area contributed by atoms with Crippen LogP contribution in [0.25, 0.3) is 0 Å². The van der Waals surface area contributed by atoms with Crippen molar-refractivity contribution in [2.45, 2.75) is 32.6 Å². The Bertz CT molecular complexity index is 751. The van der Waals surface area contributed by atoms with Crippen LogP contribution in [0.15, 0.2) is 16.2 Å². The highest BCUT2D eigenvalue weighted by molar-refractivity contribution is 7.10. The van der Waals surface area contributed by atoms with Crippen molar-refractivity contribution in [1.82, 2.24) is 14.9 Å². The number of fused-ring (bicyclic) bond motifs is 1. The highest BCUT2D eigenvalue weighted by atomic mass is 32.1. The smallest absolute Gasteiger partial charge is 0.303 e. The molecule has 0 spiro atoms. The number of hydrogen-bond acceptors (Lipinski definition) is 4. The van der Waals surface area contributed by atoms with Gasteiger partial charge in [-0.1, -0.05) is 0 Å². The molecule has 3 heterocycles. The number of nitrogens with zero attached hydrogens (tertiary/aromatic N) is 2. The van der Waals surface area contributed by atoms with E-state index < -0.39 is 17.6 Å². The van der Waals surface area contributed by atoms with E-state index in [4.69, 9.17) is 0 Å². The first-order chi connectivity index (χ1) is 10.3. The summed E-state index contributed by atoms with van der Waals surface area (Å²) in [6.07, 6.45) is -4.27. The number of aryl methyl sites for hydroxylation is 1. The lowest BCUT2D eigenvalue weighted by molar-refractivity contribution is -0.145. The molecule has 0 saturated carbocycles. The van der Waals surface area contributed by atoms with E-state index in [0.717, 1.165) is 0 Å². The highest BCUT2D eigenvalue weighted by Crippen LogP contribution is 2.27. The Labute approximate surface area is 128 Å². The van der Waals surface area contributed by atoms with E-state index in [1.165, 1.54) is 10.4 Å². The van der Waals surface area contributed by atoms with E-state index >= 15 is 0 Å². The van der Waals surface area contributed by atoms with Gasteiger partial charge in [0.25, 0.3) is 5.56 Å². The predicted octanol–water partition coefficient (Wildman–Crippen LogP) is 2.72. The summed E-state index contributed by atoms with van der Waals surface area (Å²) in [5, 5.41) is 2.01. The number of H-pyrrole nitrogens is 1. The summed E-state index contributed by atoms with van der Waals surface area (Å²) in [5.74, 6) is -1.21. The van der Waals surface area contributed by atoms with Crippen LogP contribution in [0.2, 0.25) is 0 Å². The minimum absolute atomic E-state index is 0.259. The first-order valence-electron chi connectivity index (χ1n) is 6.79. The molecular formula is C14H14F3N3OS. The first-order valence-corrected chi connectivity index (χ1v) is 7.67. The topological polar surface area (TPSA) is 49.0 Å². The van der Waals surface area contributed by atoms with Crippen LogP contribution in [0.5, 0.6) is 0 Å². The molecule has 22 heavy (non-hydrogen) atoms.